The van der Waals surface area contributed by atoms with E-state index in [-0.39, 0.29) is 6.04 Å². The van der Waals surface area contributed by atoms with Crippen LogP contribution in [0.5, 0.6) is 0 Å². The van der Waals surface area contributed by atoms with E-state index < -0.39 is 12.3 Å². The molecule has 6 heteroatoms. The molecule has 2 N–H and O–H groups in total. The van der Waals surface area contributed by atoms with E-state index in [1.807, 2.05) is 19.1 Å². The van der Waals surface area contributed by atoms with Gasteiger partial charge in [0.15, 0.2) is 6.29 Å². The van der Waals surface area contributed by atoms with Crippen LogP contribution in [0.2, 0.25) is 0 Å². The standard InChI is InChI=1S/C16H20N2O3S/c1-11(14-10-12-6-2-3-7-13(12)22-14)18(16(17)19)21-15-8-4-5-9-20-15/h2-3,6-7,10-11,15H,4-5,8-9H2,1H3,(H2,17,19). The lowest BCUT2D eigenvalue weighted by molar-refractivity contribution is -0.277. The number of ether oxygens (including phenoxy) is 1. The zero-order valence-corrected chi connectivity index (χ0v) is 13.3. The van der Waals surface area contributed by atoms with Gasteiger partial charge < -0.3 is 10.5 Å². The average molecular weight is 320 g/mol. The molecule has 1 aromatic carbocycles. The number of fused-ring (bicyclic) bond motifs is 1. The Balaban J connectivity index is 1.79. The van der Waals surface area contributed by atoms with Crippen molar-refractivity contribution < 1.29 is 14.4 Å². The summed E-state index contributed by atoms with van der Waals surface area (Å²) in [5.74, 6) is 0. The number of rotatable bonds is 4. The first kappa shape index (κ1) is 15.3. The second-order valence-corrected chi connectivity index (χ2v) is 6.54. The zero-order chi connectivity index (χ0) is 15.5. The molecule has 22 heavy (non-hydrogen) atoms. The molecule has 1 aliphatic rings. The quantitative estimate of drug-likeness (QED) is 0.871. The molecule has 0 saturated carbocycles. The van der Waals surface area contributed by atoms with Crippen molar-refractivity contribution in [2.45, 2.75) is 38.5 Å². The summed E-state index contributed by atoms with van der Waals surface area (Å²) in [5.41, 5.74) is 5.50. The topological polar surface area (TPSA) is 64.8 Å². The lowest BCUT2D eigenvalue weighted by atomic mass is 10.2. The fourth-order valence-electron chi connectivity index (χ4n) is 2.58. The van der Waals surface area contributed by atoms with Crippen molar-refractivity contribution in [1.29, 1.82) is 0 Å². The van der Waals surface area contributed by atoms with E-state index >= 15 is 0 Å². The normalized spacial score (nSPS) is 20.0. The van der Waals surface area contributed by atoms with Crippen LogP contribution >= 0.6 is 11.3 Å². The number of nitrogens with two attached hydrogens (primary N) is 1. The van der Waals surface area contributed by atoms with Crippen molar-refractivity contribution in [3.8, 4) is 0 Å². The maximum absolute atomic E-state index is 11.8. The molecule has 1 saturated heterocycles. The summed E-state index contributed by atoms with van der Waals surface area (Å²) >= 11 is 1.64. The number of hydrogen-bond acceptors (Lipinski definition) is 4. The van der Waals surface area contributed by atoms with Gasteiger partial charge in [-0.1, -0.05) is 18.2 Å². The van der Waals surface area contributed by atoms with Crippen molar-refractivity contribution in [2.75, 3.05) is 6.61 Å². The SMILES string of the molecule is CC(c1cc2ccccc2s1)N(OC1CCCCO1)C(N)=O. The van der Waals surface area contributed by atoms with Gasteiger partial charge in [0.05, 0.1) is 6.04 Å². The first-order valence-electron chi connectivity index (χ1n) is 7.50. The van der Waals surface area contributed by atoms with E-state index in [1.54, 1.807) is 11.3 Å². The van der Waals surface area contributed by atoms with Crippen LogP contribution in [0.15, 0.2) is 30.3 Å². The molecule has 118 valence electrons. The number of benzene rings is 1. The fourth-order valence-corrected chi connectivity index (χ4v) is 3.68. The smallest absolute Gasteiger partial charge is 0.339 e. The highest BCUT2D eigenvalue weighted by atomic mass is 32.1. The van der Waals surface area contributed by atoms with E-state index in [4.69, 9.17) is 15.3 Å². The number of carbonyl (C=O) groups is 1. The third kappa shape index (κ3) is 3.24. The van der Waals surface area contributed by atoms with Gasteiger partial charge in [-0.2, -0.15) is 5.06 Å². The van der Waals surface area contributed by atoms with Crippen LogP contribution in [-0.2, 0) is 9.57 Å². The first-order valence-corrected chi connectivity index (χ1v) is 8.32. The summed E-state index contributed by atoms with van der Waals surface area (Å²) < 4.78 is 6.72. The van der Waals surface area contributed by atoms with Crippen LogP contribution in [0.3, 0.4) is 0 Å². The van der Waals surface area contributed by atoms with E-state index in [0.717, 1.165) is 29.5 Å². The summed E-state index contributed by atoms with van der Waals surface area (Å²) in [4.78, 5) is 18.5. The molecule has 0 aliphatic carbocycles. The molecule has 1 aliphatic heterocycles. The van der Waals surface area contributed by atoms with Crippen LogP contribution in [-0.4, -0.2) is 24.0 Å². The predicted molar refractivity (Wildman–Crippen MR) is 86.3 cm³/mol. The third-order valence-corrected chi connectivity index (χ3v) is 5.08. The molecule has 2 atom stereocenters. The zero-order valence-electron chi connectivity index (χ0n) is 12.5. The molecule has 1 aromatic heterocycles. The molecule has 0 radical (unpaired) electrons. The maximum atomic E-state index is 11.8. The van der Waals surface area contributed by atoms with Gasteiger partial charge in [-0.15, -0.1) is 11.3 Å². The second-order valence-electron chi connectivity index (χ2n) is 5.43. The molecule has 2 unspecified atom stereocenters. The number of carbonyl (C=O) groups excluding carboxylic acids is 1. The highest BCUT2D eigenvalue weighted by molar-refractivity contribution is 7.19. The Morgan fingerprint density at radius 1 is 1.45 bits per heavy atom. The van der Waals surface area contributed by atoms with E-state index in [2.05, 4.69) is 18.2 Å². The van der Waals surface area contributed by atoms with Gasteiger partial charge in [0.25, 0.3) is 0 Å². The lowest BCUT2D eigenvalue weighted by Crippen LogP contribution is -2.41. The molecule has 0 spiro atoms. The number of amides is 2. The highest BCUT2D eigenvalue weighted by Crippen LogP contribution is 2.33. The Kier molecular flexibility index (Phi) is 4.61. The van der Waals surface area contributed by atoms with Crippen molar-refractivity contribution in [2.24, 2.45) is 5.73 Å². The number of nitrogens with zero attached hydrogens (tertiary/aromatic N) is 1. The van der Waals surface area contributed by atoms with Gasteiger partial charge in [0.2, 0.25) is 0 Å². The number of thiophene rings is 1. The minimum absolute atomic E-state index is 0.250. The van der Waals surface area contributed by atoms with Crippen LogP contribution in [0.1, 0.15) is 37.1 Å². The van der Waals surface area contributed by atoms with Crippen molar-refractivity contribution in [3.05, 3.63) is 35.2 Å². The van der Waals surface area contributed by atoms with Gasteiger partial charge >= 0.3 is 6.03 Å². The van der Waals surface area contributed by atoms with E-state index in [1.165, 1.54) is 9.76 Å². The van der Waals surface area contributed by atoms with E-state index in [0.29, 0.717) is 6.61 Å². The Bertz CT molecular complexity index is 619. The van der Waals surface area contributed by atoms with Crippen molar-refractivity contribution >= 4 is 27.5 Å². The molecule has 3 rings (SSSR count). The van der Waals surface area contributed by atoms with Crippen LogP contribution in [0.25, 0.3) is 10.1 Å². The fraction of sp³-hybridized carbons (Fsp3) is 0.438. The second kappa shape index (κ2) is 6.64. The largest absolute Gasteiger partial charge is 0.350 e. The molecule has 2 heterocycles. The minimum atomic E-state index is -0.598. The number of urea groups is 1. The van der Waals surface area contributed by atoms with Gasteiger partial charge in [0.1, 0.15) is 0 Å². The van der Waals surface area contributed by atoms with Crippen LogP contribution < -0.4 is 5.73 Å². The number of hydrogen-bond donors (Lipinski definition) is 1. The summed E-state index contributed by atoms with van der Waals surface area (Å²) in [5, 5.41) is 2.40. The van der Waals surface area contributed by atoms with E-state index in [9.17, 15) is 4.79 Å². The minimum Gasteiger partial charge on any atom is -0.350 e. The Morgan fingerprint density at radius 2 is 2.27 bits per heavy atom. The van der Waals surface area contributed by atoms with Crippen LogP contribution in [0, 0.1) is 0 Å². The summed E-state index contributed by atoms with van der Waals surface area (Å²) in [6.45, 7) is 2.58. The molecule has 2 amide bonds. The predicted octanol–water partition coefficient (Wildman–Crippen LogP) is 3.80. The maximum Gasteiger partial charge on any atom is 0.339 e. The van der Waals surface area contributed by atoms with Gasteiger partial charge in [-0.05, 0) is 37.3 Å². The van der Waals surface area contributed by atoms with Gasteiger partial charge in [-0.25, -0.2) is 9.63 Å². The summed E-state index contributed by atoms with van der Waals surface area (Å²) in [6, 6.07) is 9.36. The molecular formula is C16H20N2O3S. The van der Waals surface area contributed by atoms with Gasteiger partial charge in [0, 0.05) is 22.6 Å². The molecule has 5 nitrogen and oxygen atoms in total. The highest BCUT2D eigenvalue weighted by Gasteiger charge is 2.27. The summed E-state index contributed by atoms with van der Waals surface area (Å²) in [6.07, 6.45) is 2.46. The number of primary amides is 1. The third-order valence-electron chi connectivity index (χ3n) is 3.79. The van der Waals surface area contributed by atoms with Crippen molar-refractivity contribution in [1.82, 2.24) is 5.06 Å². The Labute approximate surface area is 133 Å². The first-order chi connectivity index (χ1) is 10.6. The monoisotopic (exact) mass is 320 g/mol. The molecule has 1 fully saturated rings. The van der Waals surface area contributed by atoms with Crippen LogP contribution in [0.4, 0.5) is 4.79 Å². The Hall–Kier alpha value is -1.63. The molecule has 2 aromatic rings. The van der Waals surface area contributed by atoms with Crippen molar-refractivity contribution in [3.63, 3.8) is 0 Å². The lowest BCUT2D eigenvalue weighted by Gasteiger charge is -2.31. The van der Waals surface area contributed by atoms with Gasteiger partial charge in [-0.3, -0.25) is 0 Å². The molecule has 0 bridgehead atoms. The number of hydroxylamine groups is 2. The molecular weight excluding hydrogens is 300 g/mol. The average Bonchev–Trinajstić information content (AvgIpc) is 2.97. The Morgan fingerprint density at radius 3 is 2.95 bits per heavy atom. The summed E-state index contributed by atoms with van der Waals surface area (Å²) in [7, 11) is 0.